The molecule has 1 aromatic carbocycles. The number of aryl methyl sites for hydroxylation is 1. The van der Waals surface area contributed by atoms with E-state index < -0.39 is 0 Å². The van der Waals surface area contributed by atoms with Gasteiger partial charge in [0.2, 0.25) is 0 Å². The monoisotopic (exact) mass is 239 g/mol. The molecule has 0 aliphatic carbocycles. The molecule has 1 atom stereocenters. The quantitative estimate of drug-likeness (QED) is 0.766. The highest BCUT2D eigenvalue weighted by molar-refractivity contribution is 6.17. The number of alkyl halides is 1. The van der Waals surface area contributed by atoms with Crippen molar-refractivity contribution in [3.8, 4) is 0 Å². The summed E-state index contributed by atoms with van der Waals surface area (Å²) in [4.78, 5) is 0. The summed E-state index contributed by atoms with van der Waals surface area (Å²) in [5, 5.41) is 3.34. The zero-order valence-electron chi connectivity index (χ0n) is 10.7. The molecule has 0 radical (unpaired) electrons. The summed E-state index contributed by atoms with van der Waals surface area (Å²) < 4.78 is 0. The van der Waals surface area contributed by atoms with E-state index in [9.17, 15) is 0 Å². The van der Waals surface area contributed by atoms with E-state index in [-0.39, 0.29) is 0 Å². The Morgan fingerprint density at radius 2 is 2.00 bits per heavy atom. The minimum atomic E-state index is 0.371. The van der Waals surface area contributed by atoms with Crippen LogP contribution in [0.3, 0.4) is 0 Å². The first-order chi connectivity index (χ1) is 7.60. The third kappa shape index (κ3) is 3.23. The molecule has 1 unspecified atom stereocenters. The Kier molecular flexibility index (Phi) is 5.30. The van der Waals surface area contributed by atoms with E-state index in [1.165, 1.54) is 16.7 Å². The summed E-state index contributed by atoms with van der Waals surface area (Å²) in [5.41, 5.74) is 4.12. The first kappa shape index (κ1) is 13.5. The van der Waals surface area contributed by atoms with Gasteiger partial charge in [-0.1, -0.05) is 32.0 Å². The van der Waals surface area contributed by atoms with Gasteiger partial charge in [0.25, 0.3) is 0 Å². The van der Waals surface area contributed by atoms with Crippen LogP contribution >= 0.6 is 11.6 Å². The van der Waals surface area contributed by atoms with Gasteiger partial charge in [-0.15, -0.1) is 11.6 Å². The Morgan fingerprint density at radius 3 is 2.50 bits per heavy atom. The second-order valence-electron chi connectivity index (χ2n) is 4.59. The van der Waals surface area contributed by atoms with E-state index in [1.807, 2.05) is 7.05 Å². The highest BCUT2D eigenvalue weighted by Gasteiger charge is 2.12. The van der Waals surface area contributed by atoms with Gasteiger partial charge in [0.1, 0.15) is 0 Å². The standard InChI is InChI=1S/C14H22ClN/c1-10(2)12-6-5-11(3)13(9-12)14(16-4)7-8-15/h5-6,9-10,14,16H,7-8H2,1-4H3. The molecule has 0 aromatic heterocycles. The molecule has 0 amide bonds. The van der Waals surface area contributed by atoms with Gasteiger partial charge in [-0.2, -0.15) is 0 Å². The SMILES string of the molecule is CNC(CCCl)c1cc(C(C)C)ccc1C. The Bertz CT molecular complexity index is 334. The molecule has 1 nitrogen and oxygen atoms in total. The fraction of sp³-hybridized carbons (Fsp3) is 0.571. The van der Waals surface area contributed by atoms with Crippen LogP contribution in [0.15, 0.2) is 18.2 Å². The lowest BCUT2D eigenvalue weighted by molar-refractivity contribution is 0.575. The number of hydrogen-bond donors (Lipinski definition) is 1. The summed E-state index contributed by atoms with van der Waals surface area (Å²) in [7, 11) is 2.00. The second kappa shape index (κ2) is 6.27. The van der Waals surface area contributed by atoms with Gasteiger partial charge in [0, 0.05) is 11.9 Å². The molecule has 0 aliphatic rings. The second-order valence-corrected chi connectivity index (χ2v) is 4.97. The maximum atomic E-state index is 5.84. The number of benzene rings is 1. The predicted octanol–water partition coefficient (Wildman–Crippen LogP) is 4.01. The summed E-state index contributed by atoms with van der Waals surface area (Å²) in [6.07, 6.45) is 0.973. The molecular formula is C14H22ClN. The largest absolute Gasteiger partial charge is 0.313 e. The van der Waals surface area contributed by atoms with Gasteiger partial charge in [-0.05, 0) is 43.0 Å². The molecule has 1 N–H and O–H groups in total. The predicted molar refractivity (Wildman–Crippen MR) is 72.4 cm³/mol. The molecule has 90 valence electrons. The molecule has 2 heteroatoms. The van der Waals surface area contributed by atoms with Crippen LogP contribution in [-0.4, -0.2) is 12.9 Å². The lowest BCUT2D eigenvalue weighted by Crippen LogP contribution is -2.18. The summed E-state index contributed by atoms with van der Waals surface area (Å²) in [6, 6.07) is 7.12. The third-order valence-corrected chi connectivity index (χ3v) is 3.31. The first-order valence-corrected chi connectivity index (χ1v) is 6.47. The van der Waals surface area contributed by atoms with Crippen molar-refractivity contribution in [3.05, 3.63) is 34.9 Å². The molecule has 0 saturated carbocycles. The lowest BCUT2D eigenvalue weighted by atomic mass is 9.93. The van der Waals surface area contributed by atoms with Gasteiger partial charge in [0.15, 0.2) is 0 Å². The fourth-order valence-electron chi connectivity index (χ4n) is 1.96. The first-order valence-electron chi connectivity index (χ1n) is 5.93. The number of hydrogen-bond acceptors (Lipinski definition) is 1. The average molecular weight is 240 g/mol. The molecule has 0 saturated heterocycles. The van der Waals surface area contributed by atoms with Gasteiger partial charge < -0.3 is 5.32 Å². The highest BCUT2D eigenvalue weighted by atomic mass is 35.5. The van der Waals surface area contributed by atoms with Crippen molar-refractivity contribution in [3.63, 3.8) is 0 Å². The van der Waals surface area contributed by atoms with Gasteiger partial charge in [-0.3, -0.25) is 0 Å². The van der Waals surface area contributed by atoms with E-state index in [2.05, 4.69) is 44.3 Å². The van der Waals surface area contributed by atoms with E-state index >= 15 is 0 Å². The molecule has 0 spiro atoms. The summed E-state index contributed by atoms with van der Waals surface area (Å²) in [6.45, 7) is 6.62. The highest BCUT2D eigenvalue weighted by Crippen LogP contribution is 2.25. The maximum absolute atomic E-state index is 5.84. The summed E-state index contributed by atoms with van der Waals surface area (Å²) >= 11 is 5.84. The van der Waals surface area contributed by atoms with Crippen LogP contribution in [0.2, 0.25) is 0 Å². The molecule has 0 heterocycles. The molecular weight excluding hydrogens is 218 g/mol. The van der Waals surface area contributed by atoms with E-state index in [0.717, 1.165) is 6.42 Å². The zero-order chi connectivity index (χ0) is 12.1. The zero-order valence-corrected chi connectivity index (χ0v) is 11.4. The van der Waals surface area contributed by atoms with Crippen LogP contribution in [0.4, 0.5) is 0 Å². The lowest BCUT2D eigenvalue weighted by Gasteiger charge is -2.19. The molecule has 1 aromatic rings. The van der Waals surface area contributed by atoms with Crippen LogP contribution in [0, 0.1) is 6.92 Å². The third-order valence-electron chi connectivity index (χ3n) is 3.09. The molecule has 1 rings (SSSR count). The molecule has 0 fully saturated rings. The van der Waals surface area contributed by atoms with Crippen molar-refractivity contribution >= 4 is 11.6 Å². The average Bonchev–Trinajstić information content (AvgIpc) is 2.26. The van der Waals surface area contributed by atoms with E-state index in [4.69, 9.17) is 11.6 Å². The van der Waals surface area contributed by atoms with Crippen molar-refractivity contribution in [1.29, 1.82) is 0 Å². The van der Waals surface area contributed by atoms with Gasteiger partial charge in [-0.25, -0.2) is 0 Å². The van der Waals surface area contributed by atoms with Crippen LogP contribution in [0.25, 0.3) is 0 Å². The normalized spacial score (nSPS) is 13.1. The van der Waals surface area contributed by atoms with Gasteiger partial charge >= 0.3 is 0 Å². The molecule has 16 heavy (non-hydrogen) atoms. The minimum Gasteiger partial charge on any atom is -0.313 e. The Balaban J connectivity index is 3.04. The number of rotatable bonds is 5. The Morgan fingerprint density at radius 1 is 1.31 bits per heavy atom. The summed E-state index contributed by atoms with van der Waals surface area (Å²) in [5.74, 6) is 1.27. The van der Waals surface area contributed by atoms with Crippen molar-refractivity contribution in [2.24, 2.45) is 0 Å². The topological polar surface area (TPSA) is 12.0 Å². The molecule has 0 aliphatic heterocycles. The minimum absolute atomic E-state index is 0.371. The van der Waals surface area contributed by atoms with Crippen LogP contribution in [-0.2, 0) is 0 Å². The number of halogens is 1. The van der Waals surface area contributed by atoms with Crippen molar-refractivity contribution in [2.75, 3.05) is 12.9 Å². The maximum Gasteiger partial charge on any atom is 0.0331 e. The van der Waals surface area contributed by atoms with E-state index in [0.29, 0.717) is 17.8 Å². The molecule has 0 bridgehead atoms. The Hall–Kier alpha value is -0.530. The van der Waals surface area contributed by atoms with E-state index in [1.54, 1.807) is 0 Å². The van der Waals surface area contributed by atoms with Crippen molar-refractivity contribution in [2.45, 2.75) is 39.2 Å². The number of nitrogens with one attached hydrogen (secondary N) is 1. The van der Waals surface area contributed by atoms with Gasteiger partial charge in [0.05, 0.1) is 0 Å². The smallest absolute Gasteiger partial charge is 0.0331 e. The Labute approximate surface area is 104 Å². The van der Waals surface area contributed by atoms with Crippen molar-refractivity contribution < 1.29 is 0 Å². The van der Waals surface area contributed by atoms with Crippen LogP contribution in [0.1, 0.15) is 48.9 Å². The van der Waals surface area contributed by atoms with Crippen molar-refractivity contribution in [1.82, 2.24) is 5.32 Å². The van der Waals surface area contributed by atoms with Crippen LogP contribution in [0.5, 0.6) is 0 Å². The fourth-order valence-corrected chi connectivity index (χ4v) is 2.18. The van der Waals surface area contributed by atoms with Crippen LogP contribution < -0.4 is 5.32 Å².